The van der Waals surface area contributed by atoms with E-state index in [-0.39, 0.29) is 24.2 Å². The van der Waals surface area contributed by atoms with Gasteiger partial charge in [0.05, 0.1) is 10.4 Å². The number of rotatable bonds is 6. The fourth-order valence-corrected chi connectivity index (χ4v) is 1.85. The van der Waals surface area contributed by atoms with Gasteiger partial charge in [-0.15, -0.1) is 23.7 Å². The standard InChI is InChI=1S/C12H19N3O2S.ClH/c1-12(2,13)11(17)15-7-4-6-14-10(16)9-5-3-8-18-9;/h3,5,8H,4,6-7,13H2,1-2H3,(H,14,16)(H,15,17);1H. The summed E-state index contributed by atoms with van der Waals surface area (Å²) >= 11 is 1.40. The van der Waals surface area contributed by atoms with Crippen LogP contribution in [0.4, 0.5) is 0 Å². The molecule has 0 aliphatic carbocycles. The Hall–Kier alpha value is -1.11. The second-order valence-corrected chi connectivity index (χ2v) is 5.51. The lowest BCUT2D eigenvalue weighted by molar-refractivity contribution is -0.125. The lowest BCUT2D eigenvalue weighted by Crippen LogP contribution is -2.49. The van der Waals surface area contributed by atoms with Crippen molar-refractivity contribution in [2.24, 2.45) is 5.73 Å². The van der Waals surface area contributed by atoms with Gasteiger partial charge in [0.2, 0.25) is 5.91 Å². The zero-order chi connectivity index (χ0) is 13.6. The number of carbonyl (C=O) groups is 2. The number of amides is 2. The maximum absolute atomic E-state index is 11.6. The van der Waals surface area contributed by atoms with Crippen molar-refractivity contribution in [1.29, 1.82) is 0 Å². The summed E-state index contributed by atoms with van der Waals surface area (Å²) in [5, 5.41) is 7.36. The van der Waals surface area contributed by atoms with Crippen LogP contribution >= 0.6 is 23.7 Å². The fourth-order valence-electron chi connectivity index (χ4n) is 1.21. The van der Waals surface area contributed by atoms with Gasteiger partial charge >= 0.3 is 0 Å². The summed E-state index contributed by atoms with van der Waals surface area (Å²) < 4.78 is 0. The zero-order valence-corrected chi connectivity index (χ0v) is 12.7. The van der Waals surface area contributed by atoms with Crippen molar-refractivity contribution in [3.63, 3.8) is 0 Å². The fraction of sp³-hybridized carbons (Fsp3) is 0.500. The Morgan fingerprint density at radius 3 is 2.47 bits per heavy atom. The molecule has 5 nitrogen and oxygen atoms in total. The van der Waals surface area contributed by atoms with Crippen LogP contribution in [-0.2, 0) is 4.79 Å². The summed E-state index contributed by atoms with van der Waals surface area (Å²) in [5.41, 5.74) is 4.76. The molecule has 7 heteroatoms. The number of carbonyl (C=O) groups excluding carboxylic acids is 2. The predicted octanol–water partition coefficient (Wildman–Crippen LogP) is 1.14. The van der Waals surface area contributed by atoms with E-state index in [1.54, 1.807) is 19.9 Å². The molecule has 0 fully saturated rings. The molecule has 0 bridgehead atoms. The van der Waals surface area contributed by atoms with Crippen LogP contribution in [0.1, 0.15) is 29.9 Å². The van der Waals surface area contributed by atoms with Crippen LogP contribution < -0.4 is 16.4 Å². The third-order valence-corrected chi connectivity index (χ3v) is 3.12. The van der Waals surface area contributed by atoms with E-state index in [2.05, 4.69) is 10.6 Å². The summed E-state index contributed by atoms with van der Waals surface area (Å²) in [7, 11) is 0. The van der Waals surface area contributed by atoms with Crippen molar-refractivity contribution in [1.82, 2.24) is 10.6 Å². The topological polar surface area (TPSA) is 84.2 Å². The molecule has 2 amide bonds. The highest BCUT2D eigenvalue weighted by Gasteiger charge is 2.20. The number of halogens is 1. The summed E-state index contributed by atoms with van der Waals surface area (Å²) in [6.07, 6.45) is 0.679. The Morgan fingerprint density at radius 1 is 1.32 bits per heavy atom. The molecule has 0 aromatic carbocycles. The number of hydrogen-bond donors (Lipinski definition) is 3. The third-order valence-electron chi connectivity index (χ3n) is 2.25. The van der Waals surface area contributed by atoms with E-state index in [4.69, 9.17) is 5.73 Å². The molecular formula is C12H20ClN3O2S. The van der Waals surface area contributed by atoms with E-state index in [9.17, 15) is 9.59 Å². The summed E-state index contributed by atoms with van der Waals surface area (Å²) in [4.78, 5) is 23.7. The third kappa shape index (κ3) is 6.56. The molecule has 0 radical (unpaired) electrons. The van der Waals surface area contributed by atoms with Gasteiger partial charge in [0.25, 0.3) is 5.91 Å². The second kappa shape index (κ2) is 8.14. The molecule has 0 aliphatic rings. The Morgan fingerprint density at radius 2 is 1.95 bits per heavy atom. The van der Waals surface area contributed by atoms with E-state index in [1.807, 2.05) is 11.4 Å². The molecule has 1 aromatic rings. The minimum atomic E-state index is -0.861. The summed E-state index contributed by atoms with van der Waals surface area (Å²) in [6, 6.07) is 3.61. The molecule has 1 rings (SSSR count). The van der Waals surface area contributed by atoms with Crippen LogP contribution in [0.15, 0.2) is 17.5 Å². The van der Waals surface area contributed by atoms with Crippen molar-refractivity contribution in [2.75, 3.05) is 13.1 Å². The van der Waals surface area contributed by atoms with Crippen molar-refractivity contribution in [3.8, 4) is 0 Å². The molecule has 0 saturated carbocycles. The monoisotopic (exact) mass is 305 g/mol. The highest BCUT2D eigenvalue weighted by atomic mass is 35.5. The first-order valence-electron chi connectivity index (χ1n) is 5.80. The molecule has 1 aromatic heterocycles. The van der Waals surface area contributed by atoms with Crippen LogP contribution in [0, 0.1) is 0 Å². The first-order chi connectivity index (χ1) is 8.41. The van der Waals surface area contributed by atoms with Crippen molar-refractivity contribution in [2.45, 2.75) is 25.8 Å². The molecule has 0 saturated heterocycles. The highest BCUT2D eigenvalue weighted by Crippen LogP contribution is 2.07. The van der Waals surface area contributed by atoms with Gasteiger partial charge in [-0.05, 0) is 31.7 Å². The molecule has 19 heavy (non-hydrogen) atoms. The lowest BCUT2D eigenvalue weighted by Gasteiger charge is -2.17. The molecule has 0 unspecified atom stereocenters. The van der Waals surface area contributed by atoms with Crippen LogP contribution in [0.25, 0.3) is 0 Å². The number of hydrogen-bond acceptors (Lipinski definition) is 4. The van der Waals surface area contributed by atoms with Crippen LogP contribution in [0.3, 0.4) is 0 Å². The van der Waals surface area contributed by atoms with Crippen molar-refractivity contribution >= 4 is 35.6 Å². The molecule has 4 N–H and O–H groups in total. The highest BCUT2D eigenvalue weighted by molar-refractivity contribution is 7.12. The van der Waals surface area contributed by atoms with Gasteiger partial charge in [-0.25, -0.2) is 0 Å². The quantitative estimate of drug-likeness (QED) is 0.689. The zero-order valence-electron chi connectivity index (χ0n) is 11.1. The Kier molecular flexibility index (Phi) is 7.66. The van der Waals surface area contributed by atoms with E-state index < -0.39 is 5.54 Å². The van der Waals surface area contributed by atoms with Gasteiger partial charge < -0.3 is 16.4 Å². The number of nitrogens with two attached hydrogens (primary N) is 1. The second-order valence-electron chi connectivity index (χ2n) is 4.56. The molecule has 0 spiro atoms. The van der Waals surface area contributed by atoms with Crippen molar-refractivity contribution in [3.05, 3.63) is 22.4 Å². The van der Waals surface area contributed by atoms with Gasteiger partial charge in [-0.2, -0.15) is 0 Å². The largest absolute Gasteiger partial charge is 0.354 e. The minimum Gasteiger partial charge on any atom is -0.354 e. The van der Waals surface area contributed by atoms with E-state index in [0.717, 1.165) is 0 Å². The van der Waals surface area contributed by atoms with Gasteiger partial charge in [-0.3, -0.25) is 9.59 Å². The molecule has 0 aliphatic heterocycles. The number of nitrogens with one attached hydrogen (secondary N) is 2. The van der Waals surface area contributed by atoms with E-state index in [0.29, 0.717) is 24.4 Å². The molecule has 108 valence electrons. The molecular weight excluding hydrogens is 286 g/mol. The lowest BCUT2D eigenvalue weighted by atomic mass is 10.1. The Bertz CT molecular complexity index is 402. The molecule has 0 atom stereocenters. The van der Waals surface area contributed by atoms with Crippen LogP contribution in [-0.4, -0.2) is 30.4 Å². The smallest absolute Gasteiger partial charge is 0.261 e. The van der Waals surface area contributed by atoms with Crippen LogP contribution in [0.5, 0.6) is 0 Å². The van der Waals surface area contributed by atoms with Gasteiger partial charge in [0.15, 0.2) is 0 Å². The Labute approximate surface area is 123 Å². The maximum atomic E-state index is 11.6. The SMILES string of the molecule is CC(C)(N)C(=O)NCCCNC(=O)c1cccs1.Cl. The van der Waals surface area contributed by atoms with Gasteiger partial charge in [-0.1, -0.05) is 6.07 Å². The minimum absolute atomic E-state index is 0. The average molecular weight is 306 g/mol. The average Bonchev–Trinajstić information content (AvgIpc) is 2.80. The summed E-state index contributed by atoms with van der Waals surface area (Å²) in [6.45, 7) is 4.34. The predicted molar refractivity (Wildman–Crippen MR) is 79.8 cm³/mol. The first-order valence-corrected chi connectivity index (χ1v) is 6.68. The van der Waals surface area contributed by atoms with E-state index >= 15 is 0 Å². The first kappa shape index (κ1) is 17.9. The Balaban J connectivity index is 0.00000324. The van der Waals surface area contributed by atoms with Gasteiger partial charge in [0, 0.05) is 13.1 Å². The van der Waals surface area contributed by atoms with Crippen LogP contribution in [0.2, 0.25) is 0 Å². The maximum Gasteiger partial charge on any atom is 0.261 e. The van der Waals surface area contributed by atoms with E-state index in [1.165, 1.54) is 11.3 Å². The normalized spacial score (nSPS) is 10.5. The van der Waals surface area contributed by atoms with Crippen molar-refractivity contribution < 1.29 is 9.59 Å². The number of thiophene rings is 1. The summed E-state index contributed by atoms with van der Waals surface area (Å²) in [5.74, 6) is -0.262. The molecule has 1 heterocycles. The van der Waals surface area contributed by atoms with Gasteiger partial charge in [0.1, 0.15) is 0 Å².